The first-order valence-corrected chi connectivity index (χ1v) is 5.75. The summed E-state index contributed by atoms with van der Waals surface area (Å²) < 4.78 is 6.66. The molecule has 0 fully saturated rings. The number of aliphatic hydroxyl groups is 2. The number of nitrogens with zero attached hydrogens (tertiary/aromatic N) is 1. The number of aromatic nitrogens is 1. The average molecular weight is 374 g/mol. The quantitative estimate of drug-likeness (QED) is 0.617. The molecule has 6 heteroatoms. The third kappa shape index (κ3) is 3.04. The maximum absolute atomic E-state index is 8.89. The number of rotatable bonds is 4. The largest absolute Gasteiger partial charge is 0.487 e. The van der Waals surface area contributed by atoms with Crippen molar-refractivity contribution >= 4 is 38.5 Å². The van der Waals surface area contributed by atoms with Gasteiger partial charge in [-0.2, -0.15) is 0 Å². The predicted octanol–water partition coefficient (Wildman–Crippen LogP) is 1.31. The van der Waals surface area contributed by atoms with Crippen molar-refractivity contribution in [3.05, 3.63) is 19.9 Å². The lowest BCUT2D eigenvalue weighted by Gasteiger charge is -2.09. The fourth-order valence-electron chi connectivity index (χ4n) is 0.877. The lowest BCUT2D eigenvalue weighted by atomic mass is 10.3. The van der Waals surface area contributed by atoms with Crippen LogP contribution in [0.15, 0.2) is 10.7 Å². The molecule has 0 bridgehead atoms. The molecule has 0 spiro atoms. The minimum Gasteiger partial charge on any atom is -0.487 e. The minimum absolute atomic E-state index is 0.0374. The molecule has 0 aliphatic carbocycles. The van der Waals surface area contributed by atoms with Crippen molar-refractivity contribution in [2.24, 2.45) is 0 Å². The molecule has 0 saturated carbocycles. The molecule has 78 valence electrons. The van der Waals surface area contributed by atoms with Crippen molar-refractivity contribution in [3.63, 3.8) is 0 Å². The van der Waals surface area contributed by atoms with Crippen molar-refractivity contribution in [2.45, 2.75) is 6.61 Å². The Kier molecular flexibility index (Phi) is 5.07. The van der Waals surface area contributed by atoms with Gasteiger partial charge in [0, 0.05) is 0 Å². The summed E-state index contributed by atoms with van der Waals surface area (Å²) in [5, 5.41) is 17.5. The molecule has 0 atom stereocenters. The van der Waals surface area contributed by atoms with Crippen LogP contribution in [0.1, 0.15) is 5.69 Å². The van der Waals surface area contributed by atoms with Crippen LogP contribution in [0.3, 0.4) is 0 Å². The van der Waals surface area contributed by atoms with Gasteiger partial charge in [-0.3, -0.25) is 0 Å². The molecular weight excluding hydrogens is 365 g/mol. The fraction of sp³-hybridized carbons (Fsp3) is 0.375. The van der Waals surface area contributed by atoms with E-state index in [0.29, 0.717) is 16.0 Å². The van der Waals surface area contributed by atoms with Crippen LogP contribution in [0.2, 0.25) is 0 Å². The first-order valence-electron chi connectivity index (χ1n) is 3.88. The van der Waals surface area contributed by atoms with Crippen LogP contribution in [-0.2, 0) is 6.61 Å². The molecule has 0 saturated heterocycles. The second-order valence-corrected chi connectivity index (χ2v) is 4.36. The van der Waals surface area contributed by atoms with Gasteiger partial charge < -0.3 is 14.9 Å². The van der Waals surface area contributed by atoms with Gasteiger partial charge in [-0.05, 0) is 44.6 Å². The highest BCUT2D eigenvalue weighted by atomic mass is 127. The monoisotopic (exact) mass is 373 g/mol. The Morgan fingerprint density at radius 3 is 2.71 bits per heavy atom. The number of halogens is 2. The zero-order valence-electron chi connectivity index (χ0n) is 7.20. The van der Waals surface area contributed by atoms with Gasteiger partial charge in [0.2, 0.25) is 0 Å². The van der Waals surface area contributed by atoms with Crippen LogP contribution >= 0.6 is 38.5 Å². The minimum atomic E-state index is -0.102. The molecule has 14 heavy (non-hydrogen) atoms. The van der Waals surface area contributed by atoms with E-state index in [4.69, 9.17) is 14.9 Å². The van der Waals surface area contributed by atoms with Gasteiger partial charge in [0.25, 0.3) is 0 Å². The maximum Gasteiger partial charge on any atom is 0.165 e. The first kappa shape index (κ1) is 12.2. The third-order valence-electron chi connectivity index (χ3n) is 1.44. The summed E-state index contributed by atoms with van der Waals surface area (Å²) in [6.45, 7) is 0.0912. The molecule has 0 radical (unpaired) electrons. The summed E-state index contributed by atoms with van der Waals surface area (Å²) in [5.41, 5.74) is 0.581. The molecule has 1 aromatic rings. The summed E-state index contributed by atoms with van der Waals surface area (Å²) in [4.78, 5) is 4.06. The van der Waals surface area contributed by atoms with Crippen molar-refractivity contribution in [1.82, 2.24) is 4.98 Å². The van der Waals surface area contributed by atoms with Gasteiger partial charge in [-0.1, -0.05) is 0 Å². The molecule has 0 amide bonds. The Labute approximate surface area is 104 Å². The van der Waals surface area contributed by atoms with Gasteiger partial charge in [0.15, 0.2) is 5.75 Å². The Hall–Kier alpha value is 0.0800. The molecule has 2 N–H and O–H groups in total. The summed E-state index contributed by atoms with van der Waals surface area (Å²) >= 11 is 5.32. The van der Waals surface area contributed by atoms with Crippen molar-refractivity contribution in [1.29, 1.82) is 0 Å². The van der Waals surface area contributed by atoms with E-state index in [1.54, 1.807) is 6.07 Å². The van der Waals surface area contributed by atoms with E-state index in [9.17, 15) is 0 Å². The van der Waals surface area contributed by atoms with E-state index >= 15 is 0 Å². The Bertz CT molecular complexity index is 298. The van der Waals surface area contributed by atoms with Gasteiger partial charge in [0.1, 0.15) is 11.2 Å². The SMILES string of the molecule is OCCOc1c(I)cc(CO)nc1Br. The van der Waals surface area contributed by atoms with Crippen molar-refractivity contribution < 1.29 is 14.9 Å². The first-order chi connectivity index (χ1) is 6.69. The summed E-state index contributed by atoms with van der Waals surface area (Å²) in [7, 11) is 0. The van der Waals surface area contributed by atoms with Gasteiger partial charge in [-0.15, -0.1) is 0 Å². The second kappa shape index (κ2) is 5.84. The Morgan fingerprint density at radius 2 is 2.21 bits per heavy atom. The predicted molar refractivity (Wildman–Crippen MR) is 63.2 cm³/mol. The molecular formula is C8H9BrINO3. The molecule has 0 unspecified atom stereocenters. The van der Waals surface area contributed by atoms with Crippen molar-refractivity contribution in [3.8, 4) is 5.75 Å². The number of pyridine rings is 1. The summed E-state index contributed by atoms with van der Waals surface area (Å²) in [5.74, 6) is 0.594. The number of hydrogen-bond donors (Lipinski definition) is 2. The average Bonchev–Trinajstić information content (AvgIpc) is 2.16. The lowest BCUT2D eigenvalue weighted by Crippen LogP contribution is -2.05. The van der Waals surface area contributed by atoms with Gasteiger partial charge in [-0.25, -0.2) is 4.98 Å². The highest BCUT2D eigenvalue weighted by molar-refractivity contribution is 14.1. The smallest absolute Gasteiger partial charge is 0.165 e. The van der Waals surface area contributed by atoms with Gasteiger partial charge in [0.05, 0.1) is 22.5 Å². The molecule has 0 aliphatic rings. The van der Waals surface area contributed by atoms with E-state index in [-0.39, 0.29) is 19.8 Å². The van der Waals surface area contributed by atoms with E-state index in [0.717, 1.165) is 3.57 Å². The molecule has 0 aliphatic heterocycles. The van der Waals surface area contributed by atoms with E-state index < -0.39 is 0 Å². The van der Waals surface area contributed by atoms with E-state index in [1.165, 1.54) is 0 Å². The number of ether oxygens (including phenoxy) is 1. The highest BCUT2D eigenvalue weighted by Crippen LogP contribution is 2.29. The Morgan fingerprint density at radius 1 is 1.50 bits per heavy atom. The molecule has 1 heterocycles. The molecule has 1 rings (SSSR count). The standard InChI is InChI=1S/C8H9BrINO3/c9-8-7(14-2-1-12)6(10)3-5(4-13)11-8/h3,12-13H,1-2,4H2. The van der Waals surface area contributed by atoms with Crippen LogP contribution < -0.4 is 4.74 Å². The van der Waals surface area contributed by atoms with Gasteiger partial charge >= 0.3 is 0 Å². The molecule has 0 aromatic carbocycles. The number of hydrogen-bond acceptors (Lipinski definition) is 4. The van der Waals surface area contributed by atoms with Crippen LogP contribution in [0.25, 0.3) is 0 Å². The van der Waals surface area contributed by atoms with Crippen LogP contribution in [0, 0.1) is 3.57 Å². The normalized spacial score (nSPS) is 10.3. The zero-order chi connectivity index (χ0) is 10.6. The summed E-state index contributed by atoms with van der Waals surface area (Å²) in [6.07, 6.45) is 0. The highest BCUT2D eigenvalue weighted by Gasteiger charge is 2.09. The molecule has 1 aromatic heterocycles. The van der Waals surface area contributed by atoms with E-state index in [1.807, 2.05) is 0 Å². The van der Waals surface area contributed by atoms with E-state index in [2.05, 4.69) is 43.5 Å². The maximum atomic E-state index is 8.89. The molecule has 4 nitrogen and oxygen atoms in total. The number of aliphatic hydroxyl groups excluding tert-OH is 2. The van der Waals surface area contributed by atoms with Crippen LogP contribution in [0.5, 0.6) is 5.75 Å². The topological polar surface area (TPSA) is 62.6 Å². The third-order valence-corrected chi connectivity index (χ3v) is 2.78. The second-order valence-electron chi connectivity index (χ2n) is 2.45. The fourth-order valence-corrected chi connectivity index (χ4v) is 2.57. The summed E-state index contributed by atoms with van der Waals surface area (Å²) in [6, 6.07) is 1.73. The van der Waals surface area contributed by atoms with Crippen LogP contribution in [-0.4, -0.2) is 28.4 Å². The van der Waals surface area contributed by atoms with Crippen LogP contribution in [0.4, 0.5) is 0 Å². The van der Waals surface area contributed by atoms with Crippen molar-refractivity contribution in [2.75, 3.05) is 13.2 Å². The zero-order valence-corrected chi connectivity index (χ0v) is 10.9. The Balaban J connectivity index is 2.93. The lowest BCUT2D eigenvalue weighted by molar-refractivity contribution is 0.199.